The van der Waals surface area contributed by atoms with Gasteiger partial charge in [-0.25, -0.2) is 4.79 Å². The van der Waals surface area contributed by atoms with E-state index in [4.69, 9.17) is 4.74 Å². The quantitative estimate of drug-likeness (QED) is 0.634. The van der Waals surface area contributed by atoms with E-state index in [0.29, 0.717) is 13.0 Å². The van der Waals surface area contributed by atoms with E-state index in [9.17, 15) is 9.59 Å². The number of carbonyl (C=O) groups excluding carboxylic acids is 2. The molecular weight excluding hydrogens is 266 g/mol. The molecule has 112 valence electrons. The number of nitrogens with zero attached hydrogens (tertiary/aromatic N) is 1. The van der Waals surface area contributed by atoms with E-state index in [-0.39, 0.29) is 11.9 Å². The minimum Gasteiger partial charge on any atom is -0.467 e. The van der Waals surface area contributed by atoms with Crippen LogP contribution < -0.4 is 0 Å². The lowest BCUT2D eigenvalue weighted by molar-refractivity contribution is -0.153. The fourth-order valence-corrected chi connectivity index (χ4v) is 2.52. The smallest absolute Gasteiger partial charge is 0.328 e. The first kappa shape index (κ1) is 15.3. The van der Waals surface area contributed by atoms with E-state index in [1.54, 1.807) is 11.0 Å². The summed E-state index contributed by atoms with van der Waals surface area (Å²) in [5.41, 5.74) is 2.15. The summed E-state index contributed by atoms with van der Waals surface area (Å²) in [6.07, 6.45) is 5.87. The molecule has 0 spiro atoms. The number of carbonyl (C=O) groups is 2. The molecule has 1 heterocycles. The van der Waals surface area contributed by atoms with Gasteiger partial charge in [0, 0.05) is 12.6 Å². The number of aryl methyl sites for hydroxylation is 1. The molecule has 0 radical (unpaired) electrons. The summed E-state index contributed by atoms with van der Waals surface area (Å²) in [4.78, 5) is 25.7. The Bertz CT molecular complexity index is 533. The zero-order chi connectivity index (χ0) is 15.2. The van der Waals surface area contributed by atoms with Crippen LogP contribution in [-0.2, 0) is 14.3 Å². The standard InChI is InChI=1S/C17H21NO3/c1-13-6-8-14(9-7-13)10-11-16(19)18-12-4-3-5-15(18)17(20)21-2/h6-11,15H,3-5,12H2,1-2H3/b11-10+/t15-/m1/s1. The van der Waals surface area contributed by atoms with Gasteiger partial charge in [-0.3, -0.25) is 4.79 Å². The maximum Gasteiger partial charge on any atom is 0.328 e. The molecule has 1 aromatic rings. The number of likely N-dealkylation sites (tertiary alicyclic amines) is 1. The van der Waals surface area contributed by atoms with Crippen molar-refractivity contribution in [2.75, 3.05) is 13.7 Å². The molecule has 1 saturated heterocycles. The Labute approximate surface area is 125 Å². The number of piperidine rings is 1. The van der Waals surface area contributed by atoms with Crippen LogP contribution in [0.25, 0.3) is 6.08 Å². The van der Waals surface area contributed by atoms with Crippen LogP contribution in [0.5, 0.6) is 0 Å². The van der Waals surface area contributed by atoms with Crippen LogP contribution in [0, 0.1) is 6.92 Å². The summed E-state index contributed by atoms with van der Waals surface area (Å²) in [7, 11) is 1.36. The van der Waals surface area contributed by atoms with E-state index in [0.717, 1.165) is 18.4 Å². The summed E-state index contributed by atoms with van der Waals surface area (Å²) >= 11 is 0. The molecule has 1 amide bonds. The molecule has 0 unspecified atom stereocenters. The van der Waals surface area contributed by atoms with E-state index in [1.165, 1.54) is 18.7 Å². The van der Waals surface area contributed by atoms with Crippen molar-refractivity contribution in [1.29, 1.82) is 0 Å². The molecule has 0 bridgehead atoms. The second-order valence-electron chi connectivity index (χ2n) is 5.31. The zero-order valence-corrected chi connectivity index (χ0v) is 12.5. The van der Waals surface area contributed by atoms with E-state index in [2.05, 4.69) is 0 Å². The lowest BCUT2D eigenvalue weighted by Crippen LogP contribution is -2.47. The number of hydrogen-bond acceptors (Lipinski definition) is 3. The first-order valence-electron chi connectivity index (χ1n) is 7.25. The minimum atomic E-state index is -0.445. The SMILES string of the molecule is COC(=O)[C@H]1CCCCN1C(=O)/C=C/c1ccc(C)cc1. The maximum atomic E-state index is 12.3. The van der Waals surface area contributed by atoms with Crippen LogP contribution in [0.1, 0.15) is 30.4 Å². The van der Waals surface area contributed by atoms with Crippen molar-refractivity contribution in [3.05, 3.63) is 41.5 Å². The van der Waals surface area contributed by atoms with Gasteiger partial charge in [0.25, 0.3) is 0 Å². The summed E-state index contributed by atoms with van der Waals surface area (Å²) in [6, 6.07) is 7.49. The summed E-state index contributed by atoms with van der Waals surface area (Å²) in [6.45, 7) is 2.63. The minimum absolute atomic E-state index is 0.134. The predicted molar refractivity (Wildman–Crippen MR) is 81.6 cm³/mol. The third kappa shape index (κ3) is 3.94. The number of esters is 1. The maximum absolute atomic E-state index is 12.3. The van der Waals surface area contributed by atoms with Crippen molar-refractivity contribution in [1.82, 2.24) is 4.90 Å². The highest BCUT2D eigenvalue weighted by Crippen LogP contribution is 2.19. The lowest BCUT2D eigenvalue weighted by atomic mass is 10.0. The van der Waals surface area contributed by atoms with Crippen molar-refractivity contribution in [3.8, 4) is 0 Å². The van der Waals surface area contributed by atoms with E-state index in [1.807, 2.05) is 31.2 Å². The second-order valence-corrected chi connectivity index (χ2v) is 5.31. The highest BCUT2D eigenvalue weighted by atomic mass is 16.5. The van der Waals surface area contributed by atoms with Gasteiger partial charge >= 0.3 is 5.97 Å². The van der Waals surface area contributed by atoms with Gasteiger partial charge < -0.3 is 9.64 Å². The first-order chi connectivity index (χ1) is 10.1. The Kier molecular flexibility index (Phi) is 5.14. The molecule has 0 saturated carbocycles. The van der Waals surface area contributed by atoms with Gasteiger partial charge in [-0.05, 0) is 37.8 Å². The summed E-state index contributed by atoms with van der Waals surface area (Å²) < 4.78 is 4.79. The Balaban J connectivity index is 2.06. The Morgan fingerprint density at radius 3 is 2.62 bits per heavy atom. The number of methoxy groups -OCH3 is 1. The number of hydrogen-bond donors (Lipinski definition) is 0. The van der Waals surface area contributed by atoms with Crippen molar-refractivity contribution in [3.63, 3.8) is 0 Å². The van der Waals surface area contributed by atoms with Crippen LogP contribution in [0.15, 0.2) is 30.3 Å². The van der Waals surface area contributed by atoms with Crippen LogP contribution in [0.3, 0.4) is 0 Å². The van der Waals surface area contributed by atoms with Gasteiger partial charge in [0.15, 0.2) is 0 Å². The Morgan fingerprint density at radius 2 is 1.95 bits per heavy atom. The van der Waals surface area contributed by atoms with Crippen LogP contribution in [0.4, 0.5) is 0 Å². The third-order valence-electron chi connectivity index (χ3n) is 3.75. The van der Waals surface area contributed by atoms with Gasteiger partial charge in [-0.2, -0.15) is 0 Å². The van der Waals surface area contributed by atoms with Gasteiger partial charge in [-0.1, -0.05) is 29.8 Å². The van der Waals surface area contributed by atoms with Gasteiger partial charge in [0.05, 0.1) is 7.11 Å². The highest BCUT2D eigenvalue weighted by Gasteiger charge is 2.31. The number of benzene rings is 1. The largest absolute Gasteiger partial charge is 0.467 e. The van der Waals surface area contributed by atoms with Crippen molar-refractivity contribution in [2.24, 2.45) is 0 Å². The molecule has 21 heavy (non-hydrogen) atoms. The zero-order valence-electron chi connectivity index (χ0n) is 12.5. The average Bonchev–Trinajstić information content (AvgIpc) is 2.53. The molecule has 1 aromatic carbocycles. The fourth-order valence-electron chi connectivity index (χ4n) is 2.52. The normalized spacial score (nSPS) is 18.8. The number of amides is 1. The van der Waals surface area contributed by atoms with Crippen LogP contribution in [0.2, 0.25) is 0 Å². The predicted octanol–water partition coefficient (Wildman–Crippen LogP) is 2.56. The topological polar surface area (TPSA) is 46.6 Å². The molecule has 2 rings (SSSR count). The van der Waals surface area contributed by atoms with Crippen molar-refractivity contribution in [2.45, 2.75) is 32.2 Å². The van der Waals surface area contributed by atoms with Crippen molar-refractivity contribution >= 4 is 18.0 Å². The molecule has 1 fully saturated rings. The molecule has 0 aromatic heterocycles. The van der Waals surface area contributed by atoms with E-state index >= 15 is 0 Å². The fraction of sp³-hybridized carbons (Fsp3) is 0.412. The summed E-state index contributed by atoms with van der Waals surface area (Å²) in [5.74, 6) is -0.461. The summed E-state index contributed by atoms with van der Waals surface area (Å²) in [5, 5.41) is 0. The van der Waals surface area contributed by atoms with Gasteiger partial charge in [-0.15, -0.1) is 0 Å². The van der Waals surface area contributed by atoms with Crippen LogP contribution in [-0.4, -0.2) is 36.5 Å². The molecule has 1 atom stereocenters. The van der Waals surface area contributed by atoms with Crippen molar-refractivity contribution < 1.29 is 14.3 Å². The first-order valence-corrected chi connectivity index (χ1v) is 7.25. The highest BCUT2D eigenvalue weighted by molar-refractivity contribution is 5.94. The average molecular weight is 287 g/mol. The molecule has 1 aliphatic rings. The second kappa shape index (κ2) is 7.07. The lowest BCUT2D eigenvalue weighted by Gasteiger charge is -2.32. The third-order valence-corrected chi connectivity index (χ3v) is 3.75. The molecule has 0 aliphatic carbocycles. The molecular formula is C17H21NO3. The van der Waals surface area contributed by atoms with E-state index < -0.39 is 6.04 Å². The van der Waals surface area contributed by atoms with Crippen LogP contribution >= 0.6 is 0 Å². The Hall–Kier alpha value is -2.10. The molecule has 4 heteroatoms. The molecule has 1 aliphatic heterocycles. The molecule has 4 nitrogen and oxygen atoms in total. The Morgan fingerprint density at radius 1 is 1.24 bits per heavy atom. The number of rotatable bonds is 3. The monoisotopic (exact) mass is 287 g/mol. The van der Waals surface area contributed by atoms with Gasteiger partial charge in [0.2, 0.25) is 5.91 Å². The molecule has 0 N–H and O–H groups in total. The number of ether oxygens (including phenoxy) is 1. The van der Waals surface area contributed by atoms with Gasteiger partial charge in [0.1, 0.15) is 6.04 Å².